The van der Waals surface area contributed by atoms with E-state index in [-0.39, 0.29) is 5.82 Å². The highest BCUT2D eigenvalue weighted by Gasteiger charge is 2.11. The molecule has 20 heavy (non-hydrogen) atoms. The zero-order valence-corrected chi connectivity index (χ0v) is 12.7. The summed E-state index contributed by atoms with van der Waals surface area (Å²) in [6, 6.07) is 2.32. The molecule has 0 aliphatic rings. The predicted octanol–water partition coefficient (Wildman–Crippen LogP) is 2.11. The van der Waals surface area contributed by atoms with Crippen LogP contribution in [0.1, 0.15) is 26.2 Å². The first-order valence-corrected chi connectivity index (χ1v) is 6.92. The van der Waals surface area contributed by atoms with E-state index in [1.54, 1.807) is 6.07 Å². The average molecular weight is 278 g/mol. The number of rotatable bonds is 8. The van der Waals surface area contributed by atoms with Gasteiger partial charge in [-0.1, -0.05) is 13.3 Å². The van der Waals surface area contributed by atoms with E-state index in [1.165, 1.54) is 12.8 Å². The van der Waals surface area contributed by atoms with Crippen LogP contribution >= 0.6 is 0 Å². The Morgan fingerprint density at radius 3 is 2.65 bits per heavy atom. The molecule has 1 rings (SSSR count). The van der Waals surface area contributed by atoms with Crippen molar-refractivity contribution in [3.8, 4) is 0 Å². The van der Waals surface area contributed by atoms with E-state index < -0.39 is 0 Å². The van der Waals surface area contributed by atoms with Crippen LogP contribution in [0.4, 0.5) is 23.0 Å². The molecule has 6 nitrogen and oxygen atoms in total. The molecule has 1 atom stereocenters. The van der Waals surface area contributed by atoms with E-state index in [4.69, 9.17) is 11.5 Å². The minimum absolute atomic E-state index is 0.287. The average Bonchev–Trinajstić information content (AvgIpc) is 2.41. The number of nitrogens with zero attached hydrogens (tertiary/aromatic N) is 3. The standard InChI is InChI=1S/C14H26N6/c1-5-6-10(20(3)4)7-8-18-12-9-11(15)13(16)19-14(12)17-2/h9-10,18H,2,5-8,15H2,1,3-4H3,(H2,16,19). The second kappa shape index (κ2) is 7.69. The van der Waals surface area contributed by atoms with Gasteiger partial charge in [0.05, 0.1) is 11.4 Å². The van der Waals surface area contributed by atoms with Crippen LogP contribution in [-0.2, 0) is 0 Å². The van der Waals surface area contributed by atoms with Crippen LogP contribution in [-0.4, -0.2) is 43.3 Å². The largest absolute Gasteiger partial charge is 0.396 e. The number of nitrogens with two attached hydrogens (primary N) is 2. The fourth-order valence-corrected chi connectivity index (χ4v) is 2.15. The number of hydrogen-bond acceptors (Lipinski definition) is 6. The summed E-state index contributed by atoms with van der Waals surface area (Å²) >= 11 is 0. The fraction of sp³-hybridized carbons (Fsp3) is 0.571. The number of nitrogen functional groups attached to an aromatic ring is 2. The third-order valence-corrected chi connectivity index (χ3v) is 3.36. The van der Waals surface area contributed by atoms with E-state index in [0.29, 0.717) is 17.5 Å². The highest BCUT2D eigenvalue weighted by molar-refractivity contribution is 5.74. The third-order valence-electron chi connectivity index (χ3n) is 3.36. The number of hydrogen-bond donors (Lipinski definition) is 3. The molecule has 1 aromatic heterocycles. The molecule has 0 aromatic carbocycles. The molecule has 112 valence electrons. The lowest BCUT2D eigenvalue weighted by molar-refractivity contribution is 0.267. The molecule has 0 saturated heterocycles. The van der Waals surface area contributed by atoms with Crippen molar-refractivity contribution in [1.82, 2.24) is 9.88 Å². The van der Waals surface area contributed by atoms with Crippen LogP contribution in [0.2, 0.25) is 0 Å². The van der Waals surface area contributed by atoms with Crippen molar-refractivity contribution in [3.63, 3.8) is 0 Å². The first kappa shape index (κ1) is 16.2. The quantitative estimate of drug-likeness (QED) is 0.633. The topological polar surface area (TPSA) is 92.6 Å². The van der Waals surface area contributed by atoms with E-state index in [1.807, 2.05) is 0 Å². The summed E-state index contributed by atoms with van der Waals surface area (Å²) < 4.78 is 0. The Bertz CT molecular complexity index is 444. The molecule has 0 amide bonds. The Hall–Kier alpha value is -1.82. The van der Waals surface area contributed by atoms with Gasteiger partial charge in [0.1, 0.15) is 5.82 Å². The normalized spacial score (nSPS) is 12.4. The van der Waals surface area contributed by atoms with E-state index in [9.17, 15) is 0 Å². The van der Waals surface area contributed by atoms with Crippen molar-refractivity contribution in [2.45, 2.75) is 32.2 Å². The maximum atomic E-state index is 5.77. The van der Waals surface area contributed by atoms with Gasteiger partial charge >= 0.3 is 0 Å². The predicted molar refractivity (Wildman–Crippen MR) is 87.8 cm³/mol. The van der Waals surface area contributed by atoms with Gasteiger partial charge in [0.15, 0.2) is 5.82 Å². The number of anilines is 3. The van der Waals surface area contributed by atoms with Gasteiger partial charge in [-0.05, 0) is 39.7 Å². The second-order valence-electron chi connectivity index (χ2n) is 5.11. The second-order valence-corrected chi connectivity index (χ2v) is 5.11. The molecule has 0 saturated carbocycles. The smallest absolute Gasteiger partial charge is 0.177 e. The molecule has 6 heteroatoms. The number of pyridine rings is 1. The lowest BCUT2D eigenvalue weighted by Gasteiger charge is -2.24. The van der Waals surface area contributed by atoms with Crippen LogP contribution in [0.3, 0.4) is 0 Å². The van der Waals surface area contributed by atoms with Gasteiger partial charge < -0.3 is 21.7 Å². The Morgan fingerprint density at radius 1 is 1.40 bits per heavy atom. The summed E-state index contributed by atoms with van der Waals surface area (Å²) in [5.41, 5.74) is 12.7. The van der Waals surface area contributed by atoms with Crippen LogP contribution in [0.15, 0.2) is 11.1 Å². The lowest BCUT2D eigenvalue weighted by Crippen LogP contribution is -2.29. The molecule has 0 aliphatic carbocycles. The van der Waals surface area contributed by atoms with Crippen LogP contribution in [0.25, 0.3) is 0 Å². The van der Waals surface area contributed by atoms with Crippen molar-refractivity contribution >= 4 is 29.7 Å². The van der Waals surface area contributed by atoms with Crippen LogP contribution in [0, 0.1) is 0 Å². The first-order valence-electron chi connectivity index (χ1n) is 6.92. The summed E-state index contributed by atoms with van der Waals surface area (Å²) in [7, 11) is 4.22. The third kappa shape index (κ3) is 4.38. The lowest BCUT2D eigenvalue weighted by atomic mass is 10.1. The molecule has 1 aromatic rings. The van der Waals surface area contributed by atoms with Gasteiger partial charge in [-0.3, -0.25) is 0 Å². The van der Waals surface area contributed by atoms with Crippen LogP contribution < -0.4 is 16.8 Å². The molecule has 0 bridgehead atoms. The van der Waals surface area contributed by atoms with Crippen molar-refractivity contribution in [1.29, 1.82) is 0 Å². The Labute approximate surface area is 121 Å². The number of nitrogens with one attached hydrogen (secondary N) is 1. The molecule has 5 N–H and O–H groups in total. The van der Waals surface area contributed by atoms with Gasteiger partial charge in [0, 0.05) is 12.6 Å². The zero-order chi connectivity index (χ0) is 15.1. The summed E-state index contributed by atoms with van der Waals surface area (Å²) in [6.45, 7) is 6.54. The highest BCUT2D eigenvalue weighted by Crippen LogP contribution is 2.27. The molecule has 1 heterocycles. The van der Waals surface area contributed by atoms with Crippen LogP contribution in [0.5, 0.6) is 0 Å². The van der Waals surface area contributed by atoms with Gasteiger partial charge in [0.25, 0.3) is 0 Å². The number of aromatic nitrogens is 1. The molecule has 0 aliphatic heterocycles. The maximum Gasteiger partial charge on any atom is 0.177 e. The molecular weight excluding hydrogens is 252 g/mol. The van der Waals surface area contributed by atoms with Gasteiger partial charge in [-0.15, -0.1) is 0 Å². The summed E-state index contributed by atoms with van der Waals surface area (Å²) in [5, 5.41) is 3.32. The Balaban J connectivity index is 2.65. The first-order chi connectivity index (χ1) is 9.49. The van der Waals surface area contributed by atoms with E-state index in [2.05, 4.69) is 47.9 Å². The fourth-order valence-electron chi connectivity index (χ4n) is 2.15. The molecular formula is C14H26N6. The Kier molecular flexibility index (Phi) is 6.24. The van der Waals surface area contributed by atoms with E-state index in [0.717, 1.165) is 18.7 Å². The Morgan fingerprint density at radius 2 is 2.10 bits per heavy atom. The zero-order valence-electron chi connectivity index (χ0n) is 12.7. The van der Waals surface area contributed by atoms with Gasteiger partial charge in [-0.2, -0.15) is 0 Å². The summed E-state index contributed by atoms with van der Waals surface area (Å²) in [4.78, 5) is 10.2. The van der Waals surface area contributed by atoms with Gasteiger partial charge in [0.2, 0.25) is 0 Å². The minimum atomic E-state index is 0.287. The number of aliphatic imine (C=N–C) groups is 1. The van der Waals surface area contributed by atoms with Crippen molar-refractivity contribution in [3.05, 3.63) is 6.07 Å². The van der Waals surface area contributed by atoms with Crippen molar-refractivity contribution < 1.29 is 0 Å². The molecule has 0 radical (unpaired) electrons. The van der Waals surface area contributed by atoms with Crippen molar-refractivity contribution in [2.75, 3.05) is 37.4 Å². The van der Waals surface area contributed by atoms with E-state index >= 15 is 0 Å². The van der Waals surface area contributed by atoms with Gasteiger partial charge in [-0.25, -0.2) is 9.98 Å². The minimum Gasteiger partial charge on any atom is -0.396 e. The molecule has 0 fully saturated rings. The maximum absolute atomic E-state index is 5.77. The monoisotopic (exact) mass is 278 g/mol. The summed E-state index contributed by atoms with van der Waals surface area (Å²) in [6.07, 6.45) is 3.41. The molecule has 1 unspecified atom stereocenters. The molecule has 0 spiro atoms. The highest BCUT2D eigenvalue weighted by atomic mass is 15.1. The summed E-state index contributed by atoms with van der Waals surface area (Å²) in [5.74, 6) is 0.781. The van der Waals surface area contributed by atoms with Crippen molar-refractivity contribution in [2.24, 2.45) is 4.99 Å². The SMILES string of the molecule is C=Nc1nc(N)c(N)cc1NCCC(CCC)N(C)C.